The van der Waals surface area contributed by atoms with Gasteiger partial charge in [-0.05, 0) is 30.9 Å². The number of amides is 1. The van der Waals surface area contributed by atoms with E-state index >= 15 is 0 Å². The van der Waals surface area contributed by atoms with E-state index in [-0.39, 0.29) is 11.9 Å². The van der Waals surface area contributed by atoms with Gasteiger partial charge in [-0.1, -0.05) is 39.5 Å². The highest BCUT2D eigenvalue weighted by Gasteiger charge is 2.23. The molecule has 0 unspecified atom stereocenters. The van der Waals surface area contributed by atoms with Crippen molar-refractivity contribution in [3.8, 4) is 0 Å². The van der Waals surface area contributed by atoms with Gasteiger partial charge in [-0.2, -0.15) is 12.7 Å². The van der Waals surface area contributed by atoms with Crippen LogP contribution in [-0.4, -0.2) is 48.3 Å². The van der Waals surface area contributed by atoms with Crippen LogP contribution in [0.2, 0.25) is 0 Å². The number of aromatic nitrogens is 2. The van der Waals surface area contributed by atoms with Crippen molar-refractivity contribution in [3.63, 3.8) is 0 Å². The maximum absolute atomic E-state index is 13.3. The van der Waals surface area contributed by atoms with Crippen molar-refractivity contribution >= 4 is 32.8 Å². The molecule has 1 aliphatic carbocycles. The Bertz CT molecular complexity index is 1040. The number of hydrogen-bond acceptors (Lipinski definition) is 4. The number of hydrogen-bond donors (Lipinski definition) is 2. The molecule has 1 aromatic heterocycles. The first-order chi connectivity index (χ1) is 14.6. The molecule has 1 fully saturated rings. The molecular weight excluding hydrogens is 414 g/mol. The Kier molecular flexibility index (Phi) is 7.26. The molecule has 0 saturated heterocycles. The van der Waals surface area contributed by atoms with E-state index in [1.807, 2.05) is 11.6 Å². The summed E-state index contributed by atoms with van der Waals surface area (Å²) in [6.07, 6.45) is 7.38. The van der Waals surface area contributed by atoms with Crippen molar-refractivity contribution in [2.24, 2.45) is 13.0 Å². The molecule has 1 aromatic carbocycles. The molecule has 1 heterocycles. The number of carbonyl (C=O) groups excluding carboxylic acids is 1. The highest BCUT2D eigenvalue weighted by Crippen LogP contribution is 2.27. The largest absolute Gasteiger partial charge is 0.349 e. The Labute approximate surface area is 185 Å². The lowest BCUT2D eigenvalue weighted by Crippen LogP contribution is -2.35. The second kappa shape index (κ2) is 9.56. The number of nitrogens with one attached hydrogen (secondary N) is 2. The third kappa shape index (κ3) is 5.57. The van der Waals surface area contributed by atoms with Crippen LogP contribution in [0.1, 0.15) is 68.6 Å². The van der Waals surface area contributed by atoms with E-state index in [2.05, 4.69) is 23.9 Å². The summed E-state index contributed by atoms with van der Waals surface area (Å²) < 4.78 is 30.4. The molecule has 1 amide bonds. The van der Waals surface area contributed by atoms with Crippen molar-refractivity contribution in [1.29, 1.82) is 0 Å². The van der Waals surface area contributed by atoms with Crippen LogP contribution in [0.5, 0.6) is 0 Å². The number of benzene rings is 1. The lowest BCUT2D eigenvalue weighted by Gasteiger charge is -2.18. The monoisotopic (exact) mass is 449 g/mol. The molecule has 172 valence electrons. The molecule has 9 heteroatoms. The topological polar surface area (TPSA) is 96.3 Å². The van der Waals surface area contributed by atoms with E-state index in [1.54, 1.807) is 12.1 Å². The van der Waals surface area contributed by atoms with Gasteiger partial charge >= 0.3 is 10.2 Å². The average molecular weight is 450 g/mol. The van der Waals surface area contributed by atoms with Gasteiger partial charge in [0.25, 0.3) is 5.91 Å². The number of carbonyl (C=O) groups is 1. The van der Waals surface area contributed by atoms with E-state index in [9.17, 15) is 13.2 Å². The van der Waals surface area contributed by atoms with E-state index < -0.39 is 10.2 Å². The predicted octanol–water partition coefficient (Wildman–Crippen LogP) is 3.44. The smallest absolute Gasteiger partial charge is 0.301 e. The lowest BCUT2D eigenvalue weighted by atomic mass is 10.1. The van der Waals surface area contributed by atoms with E-state index in [1.165, 1.54) is 26.9 Å². The van der Waals surface area contributed by atoms with Gasteiger partial charge in [-0.3, -0.25) is 9.52 Å². The third-order valence-electron chi connectivity index (χ3n) is 5.82. The van der Waals surface area contributed by atoms with Crippen molar-refractivity contribution < 1.29 is 13.2 Å². The van der Waals surface area contributed by atoms with Gasteiger partial charge < -0.3 is 9.88 Å². The Hall–Kier alpha value is -2.13. The molecule has 0 radical (unpaired) electrons. The van der Waals surface area contributed by atoms with E-state index in [4.69, 9.17) is 4.98 Å². The van der Waals surface area contributed by atoms with Gasteiger partial charge in [-0.25, -0.2) is 4.98 Å². The summed E-state index contributed by atoms with van der Waals surface area (Å²) in [6.45, 7) is 4.24. The van der Waals surface area contributed by atoms with Crippen molar-refractivity contribution in [1.82, 2.24) is 19.2 Å². The fraction of sp³-hybridized carbons (Fsp3) is 0.636. The minimum Gasteiger partial charge on any atom is -0.349 e. The number of anilines is 1. The summed E-state index contributed by atoms with van der Waals surface area (Å²) in [4.78, 5) is 18.1. The van der Waals surface area contributed by atoms with Gasteiger partial charge in [0.1, 0.15) is 5.82 Å². The molecule has 1 aliphatic rings. The van der Waals surface area contributed by atoms with Crippen LogP contribution in [0, 0.1) is 5.92 Å². The molecule has 31 heavy (non-hydrogen) atoms. The number of imidazole rings is 1. The standard InChI is InChI=1S/C22H35N5O3S/c1-15(2)12-20-24-19-14-17(25-31(29,30)26(3)4)13-18(21(19)27(20)5)22(28)23-16-10-8-6-7-9-11-16/h13-16,25H,6-12H2,1-5H3,(H,23,28). The maximum atomic E-state index is 13.3. The van der Waals surface area contributed by atoms with Crippen LogP contribution in [-0.2, 0) is 23.7 Å². The second-order valence-electron chi connectivity index (χ2n) is 9.13. The van der Waals surface area contributed by atoms with Crippen LogP contribution in [0.4, 0.5) is 5.69 Å². The molecule has 3 rings (SSSR count). The van der Waals surface area contributed by atoms with Gasteiger partial charge in [0.15, 0.2) is 0 Å². The molecule has 0 atom stereocenters. The van der Waals surface area contributed by atoms with Crippen molar-refractivity contribution in [2.75, 3.05) is 18.8 Å². The van der Waals surface area contributed by atoms with Gasteiger partial charge in [-0.15, -0.1) is 0 Å². The first-order valence-corrected chi connectivity index (χ1v) is 12.5. The van der Waals surface area contributed by atoms with Crippen molar-refractivity contribution in [2.45, 2.75) is 64.8 Å². The molecule has 2 aromatic rings. The fourth-order valence-corrected chi connectivity index (χ4v) is 4.71. The minimum atomic E-state index is -3.70. The summed E-state index contributed by atoms with van der Waals surface area (Å²) in [5.41, 5.74) is 2.13. The van der Waals surface area contributed by atoms with Crippen molar-refractivity contribution in [3.05, 3.63) is 23.5 Å². The van der Waals surface area contributed by atoms with Gasteiger partial charge in [0.05, 0.1) is 22.3 Å². The molecule has 2 N–H and O–H groups in total. The normalized spacial score (nSPS) is 16.1. The quantitative estimate of drug-likeness (QED) is 0.633. The second-order valence-corrected chi connectivity index (χ2v) is 11.0. The summed E-state index contributed by atoms with van der Waals surface area (Å²) in [6, 6.07) is 3.47. The van der Waals surface area contributed by atoms with E-state index in [0.29, 0.717) is 22.7 Å². The first kappa shape index (κ1) is 23.5. The summed E-state index contributed by atoms with van der Waals surface area (Å²) in [5.74, 6) is 1.11. The fourth-order valence-electron chi connectivity index (χ4n) is 4.11. The third-order valence-corrected chi connectivity index (χ3v) is 7.27. The molecule has 1 saturated carbocycles. The SMILES string of the molecule is CC(C)Cc1nc2cc(NS(=O)(=O)N(C)C)cc(C(=O)NC3CCCCCC3)c2n1C. The molecule has 8 nitrogen and oxygen atoms in total. The molecule has 0 bridgehead atoms. The van der Waals surface area contributed by atoms with E-state index in [0.717, 1.165) is 47.8 Å². The van der Waals surface area contributed by atoms with Crippen LogP contribution in [0.25, 0.3) is 11.0 Å². The average Bonchev–Trinajstić information content (AvgIpc) is 2.84. The predicted molar refractivity (Wildman–Crippen MR) is 124 cm³/mol. The van der Waals surface area contributed by atoms with Crippen LogP contribution >= 0.6 is 0 Å². The number of fused-ring (bicyclic) bond motifs is 1. The maximum Gasteiger partial charge on any atom is 0.301 e. The zero-order valence-electron chi connectivity index (χ0n) is 19.2. The Morgan fingerprint density at radius 2 is 1.84 bits per heavy atom. The molecular formula is C22H35N5O3S. The lowest BCUT2D eigenvalue weighted by molar-refractivity contribution is 0.0934. The number of rotatable bonds is 7. The summed E-state index contributed by atoms with van der Waals surface area (Å²) in [5, 5.41) is 3.19. The Morgan fingerprint density at radius 3 is 2.42 bits per heavy atom. The zero-order valence-corrected chi connectivity index (χ0v) is 20.1. The van der Waals surface area contributed by atoms with Gasteiger partial charge in [0.2, 0.25) is 0 Å². The Morgan fingerprint density at radius 1 is 1.19 bits per heavy atom. The summed E-state index contributed by atoms with van der Waals surface area (Å²) in [7, 11) is 1.14. The Balaban J connectivity index is 2.04. The van der Waals surface area contributed by atoms with Crippen LogP contribution < -0.4 is 10.0 Å². The minimum absolute atomic E-state index is 0.149. The highest BCUT2D eigenvalue weighted by atomic mass is 32.2. The molecule has 0 spiro atoms. The summed E-state index contributed by atoms with van der Waals surface area (Å²) >= 11 is 0. The van der Waals surface area contributed by atoms with Gasteiger partial charge in [0, 0.05) is 33.6 Å². The highest BCUT2D eigenvalue weighted by molar-refractivity contribution is 7.90. The number of aryl methyl sites for hydroxylation is 1. The zero-order chi connectivity index (χ0) is 22.8. The molecule has 0 aliphatic heterocycles. The first-order valence-electron chi connectivity index (χ1n) is 11.1. The van der Waals surface area contributed by atoms with Crippen LogP contribution in [0.15, 0.2) is 12.1 Å². The van der Waals surface area contributed by atoms with Crippen LogP contribution in [0.3, 0.4) is 0 Å². The number of nitrogens with zero attached hydrogens (tertiary/aromatic N) is 3.